The number of halogens is 3. The fourth-order valence-electron chi connectivity index (χ4n) is 1.99. The number of aliphatic hydroxyl groups is 1. The molecule has 0 unspecified atom stereocenters. The first-order valence-corrected chi connectivity index (χ1v) is 5.55. The van der Waals surface area contributed by atoms with Crippen molar-refractivity contribution in [1.82, 2.24) is 4.98 Å². The number of rotatable bonds is 1. The third-order valence-electron chi connectivity index (χ3n) is 3.07. The number of pyridine rings is 1. The van der Waals surface area contributed by atoms with Crippen LogP contribution in [0.15, 0.2) is 12.1 Å². The van der Waals surface area contributed by atoms with E-state index in [9.17, 15) is 18.3 Å². The van der Waals surface area contributed by atoms with E-state index < -0.39 is 18.0 Å². The number of aliphatic hydroxyl groups excluding tert-OH is 1. The van der Waals surface area contributed by atoms with E-state index in [0.29, 0.717) is 6.54 Å². The van der Waals surface area contributed by atoms with Crippen molar-refractivity contribution >= 4 is 11.5 Å². The van der Waals surface area contributed by atoms with Gasteiger partial charge in [0.2, 0.25) is 0 Å². The molecule has 1 aliphatic heterocycles. The van der Waals surface area contributed by atoms with Gasteiger partial charge in [-0.2, -0.15) is 13.2 Å². The molecule has 0 amide bonds. The molecule has 4 nitrogen and oxygen atoms in total. The van der Waals surface area contributed by atoms with Gasteiger partial charge in [-0.3, -0.25) is 0 Å². The molecule has 1 fully saturated rings. The van der Waals surface area contributed by atoms with E-state index in [1.165, 1.54) is 6.07 Å². The van der Waals surface area contributed by atoms with E-state index in [2.05, 4.69) is 4.98 Å². The summed E-state index contributed by atoms with van der Waals surface area (Å²) in [5, 5.41) is 9.62. The van der Waals surface area contributed by atoms with Crippen molar-refractivity contribution in [2.24, 2.45) is 5.92 Å². The number of nitrogen functional groups attached to an aromatic ring is 1. The first-order chi connectivity index (χ1) is 8.29. The highest BCUT2D eigenvalue weighted by atomic mass is 19.4. The van der Waals surface area contributed by atoms with Crippen molar-refractivity contribution < 1.29 is 18.3 Å². The fourth-order valence-corrected chi connectivity index (χ4v) is 1.99. The van der Waals surface area contributed by atoms with Crippen molar-refractivity contribution in [3.05, 3.63) is 17.8 Å². The van der Waals surface area contributed by atoms with Gasteiger partial charge >= 0.3 is 6.18 Å². The van der Waals surface area contributed by atoms with Crippen LogP contribution in [0.5, 0.6) is 0 Å². The molecule has 0 bridgehead atoms. The molecule has 7 heteroatoms. The van der Waals surface area contributed by atoms with Crippen LogP contribution in [0.25, 0.3) is 0 Å². The Bertz CT molecular complexity index is 440. The molecule has 2 rings (SSSR count). The molecular formula is C11H14F3N3O. The lowest BCUT2D eigenvalue weighted by Crippen LogP contribution is -2.24. The molecule has 0 aliphatic carbocycles. The van der Waals surface area contributed by atoms with Crippen LogP contribution in [0.3, 0.4) is 0 Å². The predicted octanol–water partition coefficient (Wildman–Crippen LogP) is 1.50. The maximum absolute atomic E-state index is 12.6. The predicted molar refractivity (Wildman–Crippen MR) is 61.0 cm³/mol. The van der Waals surface area contributed by atoms with Crippen LogP contribution in [0, 0.1) is 5.92 Å². The van der Waals surface area contributed by atoms with Gasteiger partial charge in [0.25, 0.3) is 0 Å². The summed E-state index contributed by atoms with van der Waals surface area (Å²) >= 11 is 0. The first-order valence-electron chi connectivity index (χ1n) is 5.55. The summed E-state index contributed by atoms with van der Waals surface area (Å²) < 4.78 is 37.7. The minimum Gasteiger partial charge on any atom is -0.396 e. The highest BCUT2D eigenvalue weighted by Gasteiger charge is 2.35. The Morgan fingerprint density at radius 2 is 2.06 bits per heavy atom. The summed E-state index contributed by atoms with van der Waals surface area (Å²) in [4.78, 5) is 5.14. The number of β-amino-alcohol motifs (C(OH)–C–C–N with tert-alkyl or cyclic N) is 1. The number of nitrogens with two attached hydrogens (primary N) is 1. The Morgan fingerprint density at radius 3 is 2.56 bits per heavy atom. The highest BCUT2D eigenvalue weighted by molar-refractivity contribution is 5.63. The second-order valence-corrected chi connectivity index (χ2v) is 4.56. The van der Waals surface area contributed by atoms with Crippen molar-refractivity contribution in [2.45, 2.75) is 19.2 Å². The van der Waals surface area contributed by atoms with Crippen molar-refractivity contribution in [1.29, 1.82) is 0 Å². The summed E-state index contributed by atoms with van der Waals surface area (Å²) in [6.45, 7) is 2.52. The Balaban J connectivity index is 2.33. The van der Waals surface area contributed by atoms with E-state index in [1.807, 2.05) is 6.92 Å². The van der Waals surface area contributed by atoms with Gasteiger partial charge in [-0.15, -0.1) is 0 Å². The van der Waals surface area contributed by atoms with Crippen LogP contribution < -0.4 is 10.6 Å². The molecule has 0 radical (unpaired) electrons. The molecule has 0 aromatic carbocycles. The lowest BCUT2D eigenvalue weighted by Gasteiger charge is -2.20. The van der Waals surface area contributed by atoms with E-state index in [1.54, 1.807) is 4.90 Å². The van der Waals surface area contributed by atoms with Crippen molar-refractivity contribution in [3.63, 3.8) is 0 Å². The van der Waals surface area contributed by atoms with Crippen molar-refractivity contribution in [2.75, 3.05) is 23.7 Å². The Hall–Kier alpha value is -1.50. The van der Waals surface area contributed by atoms with Crippen LogP contribution in [0.2, 0.25) is 0 Å². The Morgan fingerprint density at radius 1 is 1.39 bits per heavy atom. The number of hydrogen-bond donors (Lipinski definition) is 2. The van der Waals surface area contributed by atoms with Crippen LogP contribution in [-0.2, 0) is 6.18 Å². The van der Waals surface area contributed by atoms with Gasteiger partial charge < -0.3 is 15.7 Å². The van der Waals surface area contributed by atoms with E-state index in [-0.39, 0.29) is 24.0 Å². The lowest BCUT2D eigenvalue weighted by molar-refractivity contribution is -0.141. The van der Waals surface area contributed by atoms with Gasteiger partial charge in [-0.25, -0.2) is 4.98 Å². The van der Waals surface area contributed by atoms with Crippen LogP contribution in [-0.4, -0.2) is 29.3 Å². The quantitative estimate of drug-likeness (QED) is 0.804. The SMILES string of the molecule is C[C@H]1CN(c2nc(C(F)(F)F)ccc2N)C[C@H]1O. The summed E-state index contributed by atoms with van der Waals surface area (Å²) in [5.74, 6) is 0.0777. The summed E-state index contributed by atoms with van der Waals surface area (Å²) in [6.07, 6.45) is -5.06. The topological polar surface area (TPSA) is 62.4 Å². The molecule has 1 saturated heterocycles. The average Bonchev–Trinajstić information content (AvgIpc) is 2.58. The Kier molecular flexibility index (Phi) is 3.10. The zero-order valence-electron chi connectivity index (χ0n) is 9.78. The van der Waals surface area contributed by atoms with Gasteiger partial charge in [0.15, 0.2) is 5.82 Å². The number of hydrogen-bond acceptors (Lipinski definition) is 4. The standard InChI is InChI=1S/C11H14F3N3O/c1-6-4-17(5-8(6)18)10-7(15)2-3-9(16-10)11(12,13)14/h2-3,6,8,18H,4-5,15H2,1H3/t6-,8+/m0/s1. The van der Waals surface area contributed by atoms with Gasteiger partial charge in [-0.05, 0) is 12.1 Å². The largest absolute Gasteiger partial charge is 0.433 e. The number of aromatic nitrogens is 1. The molecule has 18 heavy (non-hydrogen) atoms. The molecule has 1 aromatic rings. The van der Waals surface area contributed by atoms with Gasteiger partial charge in [-0.1, -0.05) is 6.92 Å². The Labute approximate surface area is 102 Å². The molecular weight excluding hydrogens is 247 g/mol. The fraction of sp³-hybridized carbons (Fsp3) is 0.545. The smallest absolute Gasteiger partial charge is 0.396 e. The van der Waals surface area contributed by atoms with E-state index in [0.717, 1.165) is 6.07 Å². The molecule has 2 atom stereocenters. The number of nitrogens with zero attached hydrogens (tertiary/aromatic N) is 2. The number of anilines is 2. The molecule has 1 aromatic heterocycles. The maximum atomic E-state index is 12.6. The molecule has 0 spiro atoms. The van der Waals surface area contributed by atoms with Gasteiger partial charge in [0, 0.05) is 19.0 Å². The lowest BCUT2D eigenvalue weighted by atomic mass is 10.1. The molecule has 0 saturated carbocycles. The average molecular weight is 261 g/mol. The minimum atomic E-state index is -4.49. The van der Waals surface area contributed by atoms with Crippen molar-refractivity contribution in [3.8, 4) is 0 Å². The normalized spacial score (nSPS) is 24.6. The minimum absolute atomic E-state index is 0.0132. The summed E-state index contributed by atoms with van der Waals surface area (Å²) in [6, 6.07) is 2.05. The third-order valence-corrected chi connectivity index (χ3v) is 3.07. The summed E-state index contributed by atoms with van der Waals surface area (Å²) in [5.41, 5.74) is 4.86. The maximum Gasteiger partial charge on any atom is 0.433 e. The van der Waals surface area contributed by atoms with Gasteiger partial charge in [0.1, 0.15) is 5.69 Å². The molecule has 2 heterocycles. The second kappa shape index (κ2) is 4.31. The number of alkyl halides is 3. The zero-order valence-corrected chi connectivity index (χ0v) is 9.78. The van der Waals surface area contributed by atoms with Crippen LogP contribution in [0.1, 0.15) is 12.6 Å². The molecule has 100 valence electrons. The summed E-state index contributed by atoms with van der Waals surface area (Å²) in [7, 11) is 0. The molecule has 1 aliphatic rings. The second-order valence-electron chi connectivity index (χ2n) is 4.56. The molecule has 3 N–H and O–H groups in total. The first kappa shape index (κ1) is 12.9. The van der Waals surface area contributed by atoms with Crippen LogP contribution >= 0.6 is 0 Å². The van der Waals surface area contributed by atoms with E-state index >= 15 is 0 Å². The zero-order chi connectivity index (χ0) is 13.5. The third kappa shape index (κ3) is 2.35. The monoisotopic (exact) mass is 261 g/mol. The van der Waals surface area contributed by atoms with Gasteiger partial charge in [0.05, 0.1) is 11.8 Å². The van der Waals surface area contributed by atoms with E-state index in [4.69, 9.17) is 5.73 Å². The van der Waals surface area contributed by atoms with Crippen LogP contribution in [0.4, 0.5) is 24.7 Å². The highest BCUT2D eigenvalue weighted by Crippen LogP contribution is 2.33.